The third kappa shape index (κ3) is 3.79. The molecule has 1 aromatic rings. The van der Waals surface area contributed by atoms with E-state index >= 15 is 0 Å². The fourth-order valence-corrected chi connectivity index (χ4v) is 3.58. The van der Waals surface area contributed by atoms with E-state index in [4.69, 9.17) is 5.11 Å². The third-order valence-corrected chi connectivity index (χ3v) is 4.82. The molecule has 0 spiro atoms. The number of carbonyl (C=O) groups excluding carboxylic acids is 1. The number of thioether (sulfide) groups is 1. The molecule has 0 unspecified atom stereocenters. The molecule has 5 heteroatoms. The molecular weight excluding hydrogens is 322 g/mol. The predicted octanol–water partition coefficient (Wildman–Crippen LogP) is 4.16. The van der Waals surface area contributed by atoms with Gasteiger partial charge in [0, 0.05) is 18.0 Å². The van der Waals surface area contributed by atoms with Crippen molar-refractivity contribution in [3.8, 4) is 0 Å². The second kappa shape index (κ2) is 7.53. The van der Waals surface area contributed by atoms with Crippen LogP contribution in [0, 0.1) is 0 Å². The summed E-state index contributed by atoms with van der Waals surface area (Å²) in [5.74, 6) is -1.24. The Kier molecular flexibility index (Phi) is 5.20. The lowest BCUT2D eigenvalue weighted by atomic mass is 10.0. The molecule has 2 aliphatic rings. The zero-order chi connectivity index (χ0) is 16.9. The van der Waals surface area contributed by atoms with Gasteiger partial charge in [-0.1, -0.05) is 35.9 Å². The number of carboxylic acid groups (broad SMARTS) is 1. The number of nitrogens with zero attached hydrogens (tertiary/aromatic N) is 1. The number of allylic oxidation sites excluding steroid dienone is 1. The van der Waals surface area contributed by atoms with E-state index in [9.17, 15) is 9.59 Å². The summed E-state index contributed by atoms with van der Waals surface area (Å²) in [6.45, 7) is 0. The molecule has 0 saturated heterocycles. The van der Waals surface area contributed by atoms with Crippen molar-refractivity contribution in [3.63, 3.8) is 0 Å². The van der Waals surface area contributed by atoms with Crippen molar-refractivity contribution in [2.75, 3.05) is 0 Å². The van der Waals surface area contributed by atoms with E-state index in [1.807, 2.05) is 0 Å². The van der Waals surface area contributed by atoms with Crippen molar-refractivity contribution in [2.45, 2.75) is 32.1 Å². The van der Waals surface area contributed by atoms with E-state index in [1.165, 1.54) is 45.0 Å². The number of amides is 1. The van der Waals surface area contributed by atoms with Crippen LogP contribution in [0.4, 0.5) is 0 Å². The van der Waals surface area contributed by atoms with E-state index in [0.717, 1.165) is 25.7 Å². The maximum absolute atomic E-state index is 12.2. The van der Waals surface area contributed by atoms with Crippen molar-refractivity contribution in [1.82, 2.24) is 4.90 Å². The molecular formula is C19H19NO3S. The molecule has 0 aromatic heterocycles. The van der Waals surface area contributed by atoms with Gasteiger partial charge in [0.1, 0.15) is 5.70 Å². The van der Waals surface area contributed by atoms with Gasteiger partial charge in [-0.2, -0.15) is 0 Å². The van der Waals surface area contributed by atoms with Crippen molar-refractivity contribution >= 4 is 29.7 Å². The summed E-state index contributed by atoms with van der Waals surface area (Å²) in [5.41, 5.74) is 4.11. The second-order valence-corrected chi connectivity index (χ2v) is 6.66. The van der Waals surface area contributed by atoms with E-state index in [0.29, 0.717) is 6.42 Å². The zero-order valence-electron chi connectivity index (χ0n) is 13.3. The van der Waals surface area contributed by atoms with Crippen LogP contribution in [0.25, 0.3) is 6.08 Å². The average Bonchev–Trinajstić information content (AvgIpc) is 3.01. The molecule has 124 valence electrons. The van der Waals surface area contributed by atoms with Crippen LogP contribution in [0.2, 0.25) is 0 Å². The van der Waals surface area contributed by atoms with Gasteiger partial charge in [-0.05, 0) is 42.2 Å². The molecule has 24 heavy (non-hydrogen) atoms. The highest BCUT2D eigenvalue weighted by Gasteiger charge is 2.22. The number of carbonyl (C=O) groups is 2. The molecule has 1 amide bonds. The molecule has 3 rings (SSSR count). The smallest absolute Gasteiger partial charge is 0.353 e. The van der Waals surface area contributed by atoms with Crippen molar-refractivity contribution in [1.29, 1.82) is 0 Å². The minimum absolute atomic E-state index is 0.0291. The molecule has 0 saturated carbocycles. The van der Waals surface area contributed by atoms with Crippen molar-refractivity contribution in [2.24, 2.45) is 0 Å². The monoisotopic (exact) mass is 341 g/mol. The highest BCUT2D eigenvalue weighted by Crippen LogP contribution is 2.28. The summed E-state index contributed by atoms with van der Waals surface area (Å²) in [4.78, 5) is 24.6. The maximum atomic E-state index is 12.2. The van der Waals surface area contributed by atoms with Gasteiger partial charge in [-0.15, -0.1) is 11.8 Å². The molecule has 0 atom stereocenters. The van der Waals surface area contributed by atoms with Gasteiger partial charge in [0.15, 0.2) is 0 Å². The highest BCUT2D eigenvalue weighted by atomic mass is 32.2. The second-order valence-electron chi connectivity index (χ2n) is 5.88. The Bertz CT molecular complexity index is 749. The Balaban J connectivity index is 1.45. The molecule has 1 aromatic carbocycles. The first-order valence-electron chi connectivity index (χ1n) is 8.00. The third-order valence-electron chi connectivity index (χ3n) is 4.19. The molecule has 1 aliphatic carbocycles. The Morgan fingerprint density at radius 3 is 2.83 bits per heavy atom. The average molecular weight is 341 g/mol. The number of rotatable bonds is 6. The number of fused-ring (bicyclic) bond motifs is 1. The lowest BCUT2D eigenvalue weighted by Gasteiger charge is -2.21. The molecule has 1 heterocycles. The van der Waals surface area contributed by atoms with Crippen molar-refractivity contribution in [3.05, 3.63) is 63.7 Å². The first-order valence-corrected chi connectivity index (χ1v) is 8.94. The zero-order valence-corrected chi connectivity index (χ0v) is 14.1. The number of unbranched alkanes of at least 4 members (excludes halogenated alkanes) is 1. The van der Waals surface area contributed by atoms with E-state index < -0.39 is 5.97 Å². The van der Waals surface area contributed by atoms with Crippen LogP contribution in [-0.2, 0) is 16.0 Å². The lowest BCUT2D eigenvalue weighted by Crippen LogP contribution is -2.29. The summed E-state index contributed by atoms with van der Waals surface area (Å²) < 4.78 is 0. The highest BCUT2D eigenvalue weighted by molar-refractivity contribution is 8.05. The van der Waals surface area contributed by atoms with Crippen LogP contribution < -0.4 is 0 Å². The first-order chi connectivity index (χ1) is 11.6. The van der Waals surface area contributed by atoms with Crippen LogP contribution in [0.15, 0.2) is 52.6 Å². The molecule has 1 aliphatic heterocycles. The summed E-state index contributed by atoms with van der Waals surface area (Å²) in [6, 6.07) is 8.40. The normalized spacial score (nSPS) is 15.8. The number of aliphatic carboxylic acids is 1. The summed E-state index contributed by atoms with van der Waals surface area (Å²) in [5, 5.41) is 12.3. The van der Waals surface area contributed by atoms with Gasteiger partial charge < -0.3 is 5.11 Å². The number of hydrogen-bond acceptors (Lipinski definition) is 3. The first kappa shape index (κ1) is 16.6. The minimum Gasteiger partial charge on any atom is -0.477 e. The predicted molar refractivity (Wildman–Crippen MR) is 95.9 cm³/mol. The molecule has 0 radical (unpaired) electrons. The van der Waals surface area contributed by atoms with Crippen molar-refractivity contribution < 1.29 is 14.7 Å². The van der Waals surface area contributed by atoms with E-state index in [2.05, 4.69) is 30.3 Å². The summed E-state index contributed by atoms with van der Waals surface area (Å²) in [7, 11) is 0. The molecule has 4 nitrogen and oxygen atoms in total. The molecule has 0 fully saturated rings. The minimum atomic E-state index is -1.07. The van der Waals surface area contributed by atoms with Gasteiger partial charge >= 0.3 is 5.97 Å². The van der Waals surface area contributed by atoms with Crippen LogP contribution in [0.1, 0.15) is 36.8 Å². The topological polar surface area (TPSA) is 57.6 Å². The Hall–Kier alpha value is -2.27. The number of benzene rings is 1. The Morgan fingerprint density at radius 1 is 1.21 bits per heavy atom. The van der Waals surface area contributed by atoms with Gasteiger partial charge in [0.25, 0.3) is 0 Å². The largest absolute Gasteiger partial charge is 0.477 e. The van der Waals surface area contributed by atoms with Gasteiger partial charge in [-0.3, -0.25) is 9.69 Å². The lowest BCUT2D eigenvalue weighted by molar-refractivity contribution is -0.138. The van der Waals surface area contributed by atoms with Crippen LogP contribution in [0.3, 0.4) is 0 Å². The van der Waals surface area contributed by atoms with E-state index in [1.54, 1.807) is 5.41 Å². The molecule has 0 bridgehead atoms. The van der Waals surface area contributed by atoms with Gasteiger partial charge in [0.2, 0.25) is 5.91 Å². The van der Waals surface area contributed by atoms with Gasteiger partial charge in [0.05, 0.1) is 0 Å². The van der Waals surface area contributed by atoms with Crippen LogP contribution in [-0.4, -0.2) is 21.9 Å². The molecule has 1 N–H and O–H groups in total. The fourth-order valence-electron chi connectivity index (χ4n) is 2.97. The number of carboxylic acids is 1. The maximum Gasteiger partial charge on any atom is 0.353 e. The summed E-state index contributed by atoms with van der Waals surface area (Å²) in [6.07, 6.45) is 7.82. The SMILES string of the molecule is O=C(O)C1=CSC=CN1C(=O)CCCCC1=Cc2ccccc2C1. The van der Waals surface area contributed by atoms with Crippen LogP contribution in [0.5, 0.6) is 0 Å². The Morgan fingerprint density at radius 2 is 2.04 bits per heavy atom. The quantitative estimate of drug-likeness (QED) is 0.789. The number of hydrogen-bond donors (Lipinski definition) is 1. The fraction of sp³-hybridized carbons (Fsp3) is 0.263. The Labute approximate surface area is 145 Å². The van der Waals surface area contributed by atoms with E-state index in [-0.39, 0.29) is 11.6 Å². The van der Waals surface area contributed by atoms with Crippen LogP contribution >= 0.6 is 11.8 Å². The van der Waals surface area contributed by atoms with Gasteiger partial charge in [-0.25, -0.2) is 4.79 Å². The summed E-state index contributed by atoms with van der Waals surface area (Å²) >= 11 is 1.27. The standard InChI is InChI=1S/C19H19NO3S/c21-18(20-9-10-24-13-17(20)19(22)23)8-4-1-5-14-11-15-6-2-3-7-16(15)12-14/h2-3,6-7,9-11,13H,1,4-5,8,12H2,(H,22,23).